The Bertz CT molecular complexity index is 692. The molecule has 2 rings (SSSR count). The fraction of sp³-hybridized carbons (Fsp3) is 0.294. The van der Waals surface area contributed by atoms with Crippen molar-refractivity contribution in [2.24, 2.45) is 10.9 Å². The number of aromatic nitrogens is 2. The molecule has 0 amide bonds. The number of benzene rings is 1. The molecule has 2 aromatic rings. The summed E-state index contributed by atoms with van der Waals surface area (Å²) < 4.78 is 11.4. The maximum atomic E-state index is 11.9. The van der Waals surface area contributed by atoms with Crippen LogP contribution >= 0.6 is 0 Å². The van der Waals surface area contributed by atoms with E-state index in [1.165, 1.54) is 6.21 Å². The molecule has 1 aromatic carbocycles. The Morgan fingerprint density at radius 2 is 1.75 bits per heavy atom. The molecule has 0 bridgehead atoms. The maximum Gasteiger partial charge on any atom is 0.325 e. The van der Waals surface area contributed by atoms with Gasteiger partial charge in [-0.25, -0.2) is 9.67 Å². The van der Waals surface area contributed by atoms with Crippen molar-refractivity contribution in [1.29, 1.82) is 0 Å². The molecule has 0 unspecified atom stereocenters. The van der Waals surface area contributed by atoms with Crippen LogP contribution < -0.4 is 0 Å². The summed E-state index contributed by atoms with van der Waals surface area (Å²) in [5.74, 6) is -2.21. The average Bonchev–Trinajstić information content (AvgIpc) is 3.05. The molecule has 0 aliphatic rings. The molecule has 0 N–H and O–H groups in total. The summed E-state index contributed by atoms with van der Waals surface area (Å²) in [6.07, 6.45) is 2.94. The zero-order chi connectivity index (χ0) is 17.4. The number of carbonyl (C=O) groups is 2. The fourth-order valence-corrected chi connectivity index (χ4v) is 1.94. The number of hydrogen-bond acceptors (Lipinski definition) is 6. The summed E-state index contributed by atoms with van der Waals surface area (Å²) in [6.45, 7) is 3.67. The van der Waals surface area contributed by atoms with Crippen LogP contribution in [0.2, 0.25) is 0 Å². The largest absolute Gasteiger partial charge is 0.465 e. The SMILES string of the molecule is CCOC(=O)C(C=Nc1ccn(-c2ccccc2)n1)C(=O)OCC. The molecule has 7 nitrogen and oxygen atoms in total. The van der Waals surface area contributed by atoms with Gasteiger partial charge in [-0.15, -0.1) is 5.10 Å². The Morgan fingerprint density at radius 1 is 1.12 bits per heavy atom. The number of para-hydroxylation sites is 1. The van der Waals surface area contributed by atoms with Gasteiger partial charge in [0.05, 0.1) is 18.9 Å². The standard InChI is InChI=1S/C17H19N3O4/c1-3-23-16(21)14(17(22)24-4-2)12-18-15-10-11-20(19-15)13-8-6-5-7-9-13/h5-12,14H,3-4H2,1-2H3. The second-order valence-electron chi connectivity index (χ2n) is 4.71. The van der Waals surface area contributed by atoms with Crippen molar-refractivity contribution < 1.29 is 19.1 Å². The van der Waals surface area contributed by atoms with E-state index in [0.29, 0.717) is 5.82 Å². The van der Waals surface area contributed by atoms with E-state index in [9.17, 15) is 9.59 Å². The quantitative estimate of drug-likeness (QED) is 0.442. The summed E-state index contributed by atoms with van der Waals surface area (Å²) >= 11 is 0. The van der Waals surface area contributed by atoms with E-state index in [1.807, 2.05) is 30.3 Å². The van der Waals surface area contributed by atoms with Gasteiger partial charge in [-0.2, -0.15) is 0 Å². The van der Waals surface area contributed by atoms with E-state index in [2.05, 4.69) is 10.1 Å². The lowest BCUT2D eigenvalue weighted by atomic mass is 10.2. The first-order valence-electron chi connectivity index (χ1n) is 7.64. The van der Waals surface area contributed by atoms with E-state index >= 15 is 0 Å². The van der Waals surface area contributed by atoms with Crippen LogP contribution in [0.1, 0.15) is 13.8 Å². The third-order valence-electron chi connectivity index (χ3n) is 3.03. The molecule has 0 radical (unpaired) electrons. The lowest BCUT2D eigenvalue weighted by Gasteiger charge is -2.09. The molecule has 0 aliphatic heterocycles. The topological polar surface area (TPSA) is 82.8 Å². The van der Waals surface area contributed by atoms with Crippen LogP contribution in [-0.2, 0) is 19.1 Å². The zero-order valence-corrected chi connectivity index (χ0v) is 13.6. The van der Waals surface area contributed by atoms with Gasteiger partial charge in [-0.05, 0) is 26.0 Å². The molecule has 0 fully saturated rings. The van der Waals surface area contributed by atoms with Crippen molar-refractivity contribution in [3.05, 3.63) is 42.6 Å². The Kier molecular flexibility index (Phi) is 6.24. The number of nitrogens with zero attached hydrogens (tertiary/aromatic N) is 3. The molecule has 1 heterocycles. The molecule has 7 heteroatoms. The number of hydrogen-bond donors (Lipinski definition) is 0. The van der Waals surface area contributed by atoms with Gasteiger partial charge in [0.2, 0.25) is 0 Å². The van der Waals surface area contributed by atoms with Crippen LogP contribution in [0.25, 0.3) is 5.69 Å². The van der Waals surface area contributed by atoms with Gasteiger partial charge in [0.25, 0.3) is 0 Å². The number of ether oxygens (including phenoxy) is 2. The highest BCUT2D eigenvalue weighted by Crippen LogP contribution is 2.13. The molecule has 0 atom stereocenters. The molecular formula is C17H19N3O4. The number of aliphatic imine (C=N–C) groups is 1. The van der Waals surface area contributed by atoms with Crippen LogP contribution in [-0.4, -0.2) is 41.1 Å². The van der Waals surface area contributed by atoms with E-state index in [4.69, 9.17) is 9.47 Å². The first-order chi connectivity index (χ1) is 11.7. The third-order valence-corrected chi connectivity index (χ3v) is 3.03. The van der Waals surface area contributed by atoms with Crippen molar-refractivity contribution in [2.45, 2.75) is 13.8 Å². The van der Waals surface area contributed by atoms with Crippen LogP contribution in [0, 0.1) is 5.92 Å². The molecule has 24 heavy (non-hydrogen) atoms. The van der Waals surface area contributed by atoms with Gasteiger partial charge in [-0.1, -0.05) is 18.2 Å². The molecule has 0 aliphatic carbocycles. The van der Waals surface area contributed by atoms with Crippen LogP contribution in [0.5, 0.6) is 0 Å². The number of rotatable bonds is 7. The average molecular weight is 329 g/mol. The lowest BCUT2D eigenvalue weighted by molar-refractivity contribution is -0.157. The van der Waals surface area contributed by atoms with E-state index in [-0.39, 0.29) is 13.2 Å². The minimum absolute atomic E-state index is 0.172. The Morgan fingerprint density at radius 3 is 2.33 bits per heavy atom. The van der Waals surface area contributed by atoms with Crippen LogP contribution in [0.3, 0.4) is 0 Å². The Labute approximate surface area is 139 Å². The van der Waals surface area contributed by atoms with Gasteiger partial charge in [0.1, 0.15) is 0 Å². The summed E-state index contributed by atoms with van der Waals surface area (Å²) in [4.78, 5) is 27.8. The summed E-state index contributed by atoms with van der Waals surface area (Å²) in [7, 11) is 0. The normalized spacial score (nSPS) is 11.0. The van der Waals surface area contributed by atoms with Gasteiger partial charge >= 0.3 is 11.9 Å². The van der Waals surface area contributed by atoms with Crippen molar-refractivity contribution in [2.75, 3.05) is 13.2 Å². The molecule has 0 saturated heterocycles. The van der Waals surface area contributed by atoms with Crippen molar-refractivity contribution >= 4 is 24.0 Å². The third kappa shape index (κ3) is 4.52. The summed E-state index contributed by atoms with van der Waals surface area (Å²) in [6, 6.07) is 11.2. The minimum atomic E-state index is -1.20. The Hall–Kier alpha value is -2.96. The highest BCUT2D eigenvalue weighted by atomic mass is 16.6. The van der Waals surface area contributed by atoms with Gasteiger partial charge in [-0.3, -0.25) is 9.59 Å². The molecule has 1 aromatic heterocycles. The number of carbonyl (C=O) groups excluding carboxylic acids is 2. The molecule has 0 spiro atoms. The first kappa shape index (κ1) is 17.4. The van der Waals surface area contributed by atoms with Crippen molar-refractivity contribution in [3.8, 4) is 5.69 Å². The molecule has 126 valence electrons. The van der Waals surface area contributed by atoms with Crippen LogP contribution in [0.15, 0.2) is 47.6 Å². The van der Waals surface area contributed by atoms with Gasteiger partial charge in [0.15, 0.2) is 11.7 Å². The number of esters is 2. The van der Waals surface area contributed by atoms with E-state index in [1.54, 1.807) is 30.8 Å². The second kappa shape index (κ2) is 8.61. The first-order valence-corrected chi connectivity index (χ1v) is 7.64. The Balaban J connectivity index is 2.15. The summed E-state index contributed by atoms with van der Waals surface area (Å²) in [5, 5.41) is 4.28. The predicted molar refractivity (Wildman–Crippen MR) is 88.5 cm³/mol. The molecule has 0 saturated carbocycles. The van der Waals surface area contributed by atoms with Gasteiger partial charge < -0.3 is 9.47 Å². The highest BCUT2D eigenvalue weighted by molar-refractivity contribution is 6.09. The highest BCUT2D eigenvalue weighted by Gasteiger charge is 2.27. The van der Waals surface area contributed by atoms with Crippen molar-refractivity contribution in [3.63, 3.8) is 0 Å². The zero-order valence-electron chi connectivity index (χ0n) is 13.6. The predicted octanol–water partition coefficient (Wildman–Crippen LogP) is 2.32. The van der Waals surface area contributed by atoms with E-state index in [0.717, 1.165) is 5.69 Å². The minimum Gasteiger partial charge on any atom is -0.465 e. The second-order valence-corrected chi connectivity index (χ2v) is 4.71. The monoisotopic (exact) mass is 329 g/mol. The summed E-state index contributed by atoms with van der Waals surface area (Å²) in [5.41, 5.74) is 0.881. The van der Waals surface area contributed by atoms with E-state index < -0.39 is 17.9 Å². The van der Waals surface area contributed by atoms with Crippen molar-refractivity contribution in [1.82, 2.24) is 9.78 Å². The lowest BCUT2D eigenvalue weighted by Crippen LogP contribution is -2.29. The van der Waals surface area contributed by atoms with Crippen LogP contribution in [0.4, 0.5) is 5.82 Å². The molecular weight excluding hydrogens is 310 g/mol. The van der Waals surface area contributed by atoms with Gasteiger partial charge in [0, 0.05) is 18.5 Å². The smallest absolute Gasteiger partial charge is 0.325 e. The fourth-order valence-electron chi connectivity index (χ4n) is 1.94. The maximum absolute atomic E-state index is 11.9.